The van der Waals surface area contributed by atoms with Crippen molar-refractivity contribution in [2.75, 3.05) is 11.1 Å². The van der Waals surface area contributed by atoms with E-state index in [2.05, 4.69) is 46.8 Å². The van der Waals surface area contributed by atoms with Crippen LogP contribution in [-0.4, -0.2) is 22.9 Å². The van der Waals surface area contributed by atoms with Gasteiger partial charge >= 0.3 is 0 Å². The number of nitrogens with one attached hydrogen (secondary N) is 2. The minimum Gasteiger partial charge on any atom is -0.353 e. The first kappa shape index (κ1) is 18.6. The molecule has 0 fully saturated rings. The summed E-state index contributed by atoms with van der Waals surface area (Å²) >= 11 is 1.44. The van der Waals surface area contributed by atoms with Gasteiger partial charge in [-0.3, -0.25) is 4.79 Å². The molecule has 0 unspecified atom stereocenters. The fourth-order valence-corrected chi connectivity index (χ4v) is 4.09. The first-order valence-corrected chi connectivity index (χ1v) is 10.5. The predicted molar refractivity (Wildman–Crippen MR) is 119 cm³/mol. The summed E-state index contributed by atoms with van der Waals surface area (Å²) in [5.41, 5.74) is 3.29. The second-order valence-electron chi connectivity index (χ2n) is 7.00. The van der Waals surface area contributed by atoms with Crippen molar-refractivity contribution in [1.29, 1.82) is 0 Å². The molecule has 3 aromatic rings. The quantitative estimate of drug-likeness (QED) is 0.615. The van der Waals surface area contributed by atoms with E-state index < -0.39 is 0 Å². The number of nitrogens with zero attached hydrogens (tertiary/aromatic N) is 1. The number of amides is 1. The molecule has 0 bridgehead atoms. The first-order chi connectivity index (χ1) is 13.7. The smallest absolute Gasteiger partial charge is 0.230 e. The van der Waals surface area contributed by atoms with Crippen molar-refractivity contribution in [3.63, 3.8) is 0 Å². The maximum atomic E-state index is 12.3. The lowest BCUT2D eigenvalue weighted by molar-refractivity contribution is -0.119. The van der Waals surface area contributed by atoms with Gasteiger partial charge in [0.05, 0.1) is 17.1 Å². The number of thioether (sulfide) groups is 1. The van der Waals surface area contributed by atoms with Crippen molar-refractivity contribution in [3.05, 3.63) is 72.3 Å². The van der Waals surface area contributed by atoms with Crippen LogP contribution in [0.25, 0.3) is 10.8 Å². The Bertz CT molecular complexity index is 1010. The molecule has 1 aliphatic heterocycles. The summed E-state index contributed by atoms with van der Waals surface area (Å²) in [6, 6.07) is 22.8. The number of hydrogen-bond acceptors (Lipinski definition) is 4. The van der Waals surface area contributed by atoms with Crippen LogP contribution in [0.15, 0.2) is 71.7 Å². The molecule has 1 atom stereocenters. The summed E-state index contributed by atoms with van der Waals surface area (Å²) in [5.74, 6) is 0.381. The van der Waals surface area contributed by atoms with Gasteiger partial charge in [-0.05, 0) is 42.8 Å². The number of aliphatic imine (C=N–C) groups is 1. The van der Waals surface area contributed by atoms with Gasteiger partial charge in [-0.25, -0.2) is 4.99 Å². The minimum atomic E-state index is 0.0344. The highest BCUT2D eigenvalue weighted by atomic mass is 32.2. The Labute approximate surface area is 169 Å². The molecule has 3 aromatic carbocycles. The Hall–Kier alpha value is -2.79. The lowest BCUT2D eigenvalue weighted by Gasteiger charge is -2.19. The van der Waals surface area contributed by atoms with Crippen molar-refractivity contribution < 1.29 is 4.79 Å². The number of carbonyl (C=O) groups excluding carboxylic acids is 1. The van der Waals surface area contributed by atoms with E-state index in [0.29, 0.717) is 5.75 Å². The fourth-order valence-electron chi connectivity index (χ4n) is 3.39. The fraction of sp³-hybridized carbons (Fsp3) is 0.217. The molecule has 0 aliphatic carbocycles. The monoisotopic (exact) mass is 389 g/mol. The second-order valence-corrected chi connectivity index (χ2v) is 7.97. The molecule has 4 rings (SSSR count). The summed E-state index contributed by atoms with van der Waals surface area (Å²) in [7, 11) is 0. The molecule has 0 radical (unpaired) electrons. The SMILES string of the molecule is C[C@H](CCc1ccccc1)NC(=O)CSC1=Nc2cccc3cccc(c23)N1. The number of hydrogen-bond donors (Lipinski definition) is 2. The van der Waals surface area contributed by atoms with Gasteiger partial charge in [-0.2, -0.15) is 0 Å². The number of anilines is 1. The Kier molecular flexibility index (Phi) is 5.63. The molecule has 0 saturated carbocycles. The predicted octanol–water partition coefficient (Wildman–Crippen LogP) is 5.12. The number of benzene rings is 3. The molecule has 1 amide bonds. The zero-order chi connectivity index (χ0) is 19.3. The van der Waals surface area contributed by atoms with E-state index >= 15 is 0 Å². The maximum Gasteiger partial charge on any atom is 0.230 e. The Morgan fingerprint density at radius 2 is 1.86 bits per heavy atom. The average Bonchev–Trinajstić information content (AvgIpc) is 2.72. The summed E-state index contributed by atoms with van der Waals surface area (Å²) < 4.78 is 0. The van der Waals surface area contributed by atoms with Crippen molar-refractivity contribution in [3.8, 4) is 0 Å². The molecule has 28 heavy (non-hydrogen) atoms. The Morgan fingerprint density at radius 3 is 2.68 bits per heavy atom. The van der Waals surface area contributed by atoms with Crippen molar-refractivity contribution in [2.24, 2.45) is 4.99 Å². The molecule has 142 valence electrons. The first-order valence-electron chi connectivity index (χ1n) is 9.52. The molecule has 5 heteroatoms. The average molecular weight is 390 g/mol. The van der Waals surface area contributed by atoms with Crippen LogP contribution < -0.4 is 10.6 Å². The van der Waals surface area contributed by atoms with Gasteiger partial charge < -0.3 is 10.6 Å². The van der Waals surface area contributed by atoms with Crippen LogP contribution in [0, 0.1) is 0 Å². The van der Waals surface area contributed by atoms with Crippen LogP contribution >= 0.6 is 11.8 Å². The Morgan fingerprint density at radius 1 is 1.07 bits per heavy atom. The Balaban J connectivity index is 1.30. The van der Waals surface area contributed by atoms with Gasteiger partial charge in [0.1, 0.15) is 0 Å². The van der Waals surface area contributed by atoms with E-state index in [-0.39, 0.29) is 11.9 Å². The highest BCUT2D eigenvalue weighted by Gasteiger charge is 2.16. The molecule has 0 spiro atoms. The molecule has 0 saturated heterocycles. The van der Waals surface area contributed by atoms with E-state index in [1.165, 1.54) is 22.7 Å². The van der Waals surface area contributed by atoms with Gasteiger partial charge in [0.25, 0.3) is 0 Å². The van der Waals surface area contributed by atoms with E-state index in [4.69, 9.17) is 0 Å². The summed E-state index contributed by atoms with van der Waals surface area (Å²) in [4.78, 5) is 17.0. The van der Waals surface area contributed by atoms with Crippen LogP contribution in [0.3, 0.4) is 0 Å². The van der Waals surface area contributed by atoms with Gasteiger partial charge in [-0.15, -0.1) is 0 Å². The number of carbonyl (C=O) groups is 1. The second kappa shape index (κ2) is 8.48. The van der Waals surface area contributed by atoms with E-state index in [1.807, 2.05) is 42.5 Å². The number of rotatable bonds is 6. The molecule has 0 aromatic heterocycles. The van der Waals surface area contributed by atoms with Gasteiger partial charge in [0.15, 0.2) is 5.17 Å². The lowest BCUT2D eigenvalue weighted by Crippen LogP contribution is -2.34. The van der Waals surface area contributed by atoms with E-state index in [0.717, 1.165) is 34.8 Å². The highest BCUT2D eigenvalue weighted by molar-refractivity contribution is 8.14. The summed E-state index contributed by atoms with van der Waals surface area (Å²) in [6.45, 7) is 2.05. The normalized spacial score (nSPS) is 13.5. The van der Waals surface area contributed by atoms with Crippen molar-refractivity contribution in [1.82, 2.24) is 5.32 Å². The molecule has 1 heterocycles. The lowest BCUT2D eigenvalue weighted by atomic mass is 10.1. The minimum absolute atomic E-state index is 0.0344. The zero-order valence-corrected chi connectivity index (χ0v) is 16.6. The molecular formula is C23H23N3OS. The molecule has 2 N–H and O–H groups in total. The highest BCUT2D eigenvalue weighted by Crippen LogP contribution is 2.36. The third-order valence-electron chi connectivity index (χ3n) is 4.80. The topological polar surface area (TPSA) is 53.5 Å². The third kappa shape index (κ3) is 4.37. The van der Waals surface area contributed by atoms with Gasteiger partial charge in [0, 0.05) is 11.4 Å². The van der Waals surface area contributed by atoms with Crippen LogP contribution in [0.2, 0.25) is 0 Å². The molecule has 1 aliphatic rings. The summed E-state index contributed by atoms with van der Waals surface area (Å²) in [6.07, 6.45) is 1.89. The van der Waals surface area contributed by atoms with Crippen molar-refractivity contribution in [2.45, 2.75) is 25.8 Å². The van der Waals surface area contributed by atoms with Gasteiger partial charge in [-0.1, -0.05) is 66.4 Å². The van der Waals surface area contributed by atoms with Crippen LogP contribution in [0.5, 0.6) is 0 Å². The van der Waals surface area contributed by atoms with E-state index in [1.54, 1.807) is 0 Å². The maximum absolute atomic E-state index is 12.3. The summed E-state index contributed by atoms with van der Waals surface area (Å²) in [5, 5.41) is 9.50. The van der Waals surface area contributed by atoms with Crippen LogP contribution in [0.4, 0.5) is 11.4 Å². The van der Waals surface area contributed by atoms with E-state index in [9.17, 15) is 4.79 Å². The number of aryl methyl sites for hydroxylation is 1. The van der Waals surface area contributed by atoms with Crippen LogP contribution in [-0.2, 0) is 11.2 Å². The number of amidine groups is 1. The molecular weight excluding hydrogens is 366 g/mol. The zero-order valence-electron chi connectivity index (χ0n) is 15.8. The third-order valence-corrected chi connectivity index (χ3v) is 5.68. The van der Waals surface area contributed by atoms with Crippen LogP contribution in [0.1, 0.15) is 18.9 Å². The van der Waals surface area contributed by atoms with Gasteiger partial charge in [0.2, 0.25) is 5.91 Å². The standard InChI is InChI=1S/C23H23N3OS/c1-16(13-14-17-7-3-2-4-8-17)24-21(27)15-28-23-25-19-11-5-9-18-10-6-12-20(26-23)22(18)19/h2-12,16H,13-15H2,1H3,(H,24,27)(H,25,26)/t16-/m1/s1. The largest absolute Gasteiger partial charge is 0.353 e. The molecule has 4 nitrogen and oxygen atoms in total. The van der Waals surface area contributed by atoms with Crippen molar-refractivity contribution >= 4 is 45.0 Å².